The van der Waals surface area contributed by atoms with Crippen molar-refractivity contribution in [2.75, 3.05) is 14.2 Å². The van der Waals surface area contributed by atoms with E-state index in [0.29, 0.717) is 14.2 Å². The first-order chi connectivity index (χ1) is 10.5. The summed E-state index contributed by atoms with van der Waals surface area (Å²) in [4.78, 5) is 3.01. The van der Waals surface area contributed by atoms with Crippen molar-refractivity contribution >= 4 is 16.8 Å². The van der Waals surface area contributed by atoms with Crippen LogP contribution < -0.4 is 0 Å². The van der Waals surface area contributed by atoms with Gasteiger partial charge in [0.25, 0.3) is 5.12 Å². The molecule has 1 heterocycles. The van der Waals surface area contributed by atoms with Crippen LogP contribution in [-0.2, 0) is 9.47 Å². The molecule has 0 aliphatic carbocycles. The van der Waals surface area contributed by atoms with E-state index in [0.717, 1.165) is 0 Å². The Hall–Kier alpha value is -1.26. The van der Waals surface area contributed by atoms with Crippen molar-refractivity contribution in [2.24, 2.45) is 4.99 Å². The minimum absolute atomic E-state index is 0.103. The number of ether oxygens (including phenoxy) is 2. The zero-order chi connectivity index (χ0) is 17.5. The Balaban J connectivity index is 2.75. The lowest BCUT2D eigenvalue weighted by Crippen LogP contribution is -2.68. The summed E-state index contributed by atoms with van der Waals surface area (Å²) in [5.41, 5.74) is -4.43. The monoisotopic (exact) mass is 359 g/mol. The molecule has 0 saturated carbocycles. The third-order valence-electron chi connectivity index (χ3n) is 3.32. The summed E-state index contributed by atoms with van der Waals surface area (Å²) in [6.07, 6.45) is -11.6. The number of aliphatic imine (C=N–C) groups is 1. The highest BCUT2D eigenvalue weighted by Crippen LogP contribution is 2.61. The Morgan fingerprint density at radius 2 is 1.39 bits per heavy atom. The second-order valence-electron chi connectivity index (χ2n) is 4.56. The SMILES string of the molecule is COC1(OC)SC(c2ccccc2)=NC1(C(F)(F)F)C(F)(F)F. The number of methoxy groups -OCH3 is 2. The van der Waals surface area contributed by atoms with Gasteiger partial charge < -0.3 is 9.47 Å². The van der Waals surface area contributed by atoms with Crippen LogP contribution in [0.4, 0.5) is 26.3 Å². The molecule has 0 radical (unpaired) electrons. The second kappa shape index (κ2) is 5.67. The van der Waals surface area contributed by atoms with Gasteiger partial charge in [-0.1, -0.05) is 30.3 Å². The molecule has 2 rings (SSSR count). The van der Waals surface area contributed by atoms with Gasteiger partial charge in [-0.3, -0.25) is 0 Å². The average molecular weight is 359 g/mol. The Kier molecular flexibility index (Phi) is 4.46. The van der Waals surface area contributed by atoms with Crippen LogP contribution in [0.2, 0.25) is 0 Å². The molecule has 0 aromatic heterocycles. The molecule has 0 fully saturated rings. The first-order valence-electron chi connectivity index (χ1n) is 6.12. The van der Waals surface area contributed by atoms with E-state index in [1.54, 1.807) is 6.07 Å². The summed E-state index contributed by atoms with van der Waals surface area (Å²) in [5.74, 6) is 0. The highest BCUT2D eigenvalue weighted by molar-refractivity contribution is 8.15. The van der Waals surface area contributed by atoms with E-state index in [1.165, 1.54) is 24.3 Å². The number of benzene rings is 1. The van der Waals surface area contributed by atoms with E-state index in [-0.39, 0.29) is 17.3 Å². The molecule has 10 heteroatoms. The van der Waals surface area contributed by atoms with Gasteiger partial charge in [0.05, 0.1) is 0 Å². The molecule has 128 valence electrons. The summed E-state index contributed by atoms with van der Waals surface area (Å²) in [6.45, 7) is 0. The van der Waals surface area contributed by atoms with Crippen molar-refractivity contribution in [3.05, 3.63) is 35.9 Å². The molecular weight excluding hydrogens is 348 g/mol. The molecule has 0 saturated heterocycles. The molecule has 1 aromatic rings. The molecule has 1 aromatic carbocycles. The molecule has 0 spiro atoms. The smallest absolute Gasteiger partial charge is 0.342 e. The van der Waals surface area contributed by atoms with Crippen molar-refractivity contribution in [3.8, 4) is 0 Å². The molecule has 23 heavy (non-hydrogen) atoms. The zero-order valence-electron chi connectivity index (χ0n) is 11.8. The van der Waals surface area contributed by atoms with Gasteiger partial charge in [-0.2, -0.15) is 26.3 Å². The summed E-state index contributed by atoms with van der Waals surface area (Å²) in [6, 6.07) is 7.22. The largest absolute Gasteiger partial charge is 0.429 e. The summed E-state index contributed by atoms with van der Waals surface area (Å²) < 4.78 is 89.9. The summed E-state index contributed by atoms with van der Waals surface area (Å²) >= 11 is 0.137. The second-order valence-corrected chi connectivity index (χ2v) is 5.68. The van der Waals surface area contributed by atoms with Crippen molar-refractivity contribution in [1.82, 2.24) is 0 Å². The lowest BCUT2D eigenvalue weighted by Gasteiger charge is -2.41. The maximum Gasteiger partial charge on any atom is 0.429 e. The molecule has 0 unspecified atom stereocenters. The predicted octanol–water partition coefficient (Wildman–Crippen LogP) is 3.99. The van der Waals surface area contributed by atoms with Gasteiger partial charge in [-0.25, -0.2) is 4.99 Å². The van der Waals surface area contributed by atoms with Crippen molar-refractivity contribution in [3.63, 3.8) is 0 Å². The van der Waals surface area contributed by atoms with E-state index < -0.39 is 28.1 Å². The van der Waals surface area contributed by atoms with Gasteiger partial charge in [0.15, 0.2) is 0 Å². The minimum atomic E-state index is -5.78. The highest BCUT2D eigenvalue weighted by Gasteiger charge is 2.85. The van der Waals surface area contributed by atoms with Crippen molar-refractivity contribution in [2.45, 2.75) is 23.0 Å². The Bertz CT molecular complexity index is 581. The van der Waals surface area contributed by atoms with Crippen LogP contribution in [0.15, 0.2) is 35.3 Å². The highest BCUT2D eigenvalue weighted by atomic mass is 32.2. The van der Waals surface area contributed by atoms with Crippen LogP contribution in [0.3, 0.4) is 0 Å². The van der Waals surface area contributed by atoms with Crippen molar-refractivity contribution < 1.29 is 35.8 Å². The average Bonchev–Trinajstić information content (AvgIpc) is 2.85. The topological polar surface area (TPSA) is 30.8 Å². The molecule has 1 aliphatic rings. The van der Waals surface area contributed by atoms with E-state index in [1.807, 2.05) is 0 Å². The molecule has 1 aliphatic heterocycles. The molecule has 3 nitrogen and oxygen atoms in total. The Morgan fingerprint density at radius 3 is 1.74 bits per heavy atom. The van der Waals surface area contributed by atoms with Crippen LogP contribution in [0.5, 0.6) is 0 Å². The fourth-order valence-corrected chi connectivity index (χ4v) is 3.53. The van der Waals surface area contributed by atoms with E-state index in [4.69, 9.17) is 0 Å². The minimum Gasteiger partial charge on any atom is -0.342 e. The number of hydrogen-bond acceptors (Lipinski definition) is 4. The third-order valence-corrected chi connectivity index (χ3v) is 4.74. The number of nitrogens with zero attached hydrogens (tertiary/aromatic N) is 1. The Morgan fingerprint density at radius 1 is 0.913 bits per heavy atom. The summed E-state index contributed by atoms with van der Waals surface area (Å²) in [5, 5.41) is -3.57. The van der Waals surface area contributed by atoms with Gasteiger partial charge in [-0.15, -0.1) is 0 Å². The summed E-state index contributed by atoms with van der Waals surface area (Å²) in [7, 11) is 1.43. The molecule has 0 bridgehead atoms. The normalized spacial score (nSPS) is 20.4. The number of rotatable bonds is 3. The quantitative estimate of drug-likeness (QED) is 0.604. The van der Waals surface area contributed by atoms with Gasteiger partial charge in [0, 0.05) is 19.8 Å². The van der Waals surface area contributed by atoms with E-state index >= 15 is 0 Å². The number of alkyl halides is 6. The third kappa shape index (κ3) is 2.52. The maximum absolute atomic E-state index is 13.5. The molecular formula is C13H11F6NO2S. The zero-order valence-corrected chi connectivity index (χ0v) is 12.6. The standard InChI is InChI=1S/C13H11F6NO2S/c1-21-13(22-2)10(11(14,15)16,12(17,18)19)20-9(23-13)8-6-4-3-5-7-8/h3-7H,1-2H3. The molecule has 0 atom stereocenters. The van der Waals surface area contributed by atoms with Crippen molar-refractivity contribution in [1.29, 1.82) is 0 Å². The van der Waals surface area contributed by atoms with E-state index in [9.17, 15) is 26.3 Å². The first-order valence-corrected chi connectivity index (χ1v) is 6.94. The maximum atomic E-state index is 13.5. The lowest BCUT2D eigenvalue weighted by molar-refractivity contribution is -0.361. The van der Waals surface area contributed by atoms with Crippen LogP contribution >= 0.6 is 11.8 Å². The fraction of sp³-hybridized carbons (Fsp3) is 0.462. The predicted molar refractivity (Wildman–Crippen MR) is 72.2 cm³/mol. The van der Waals surface area contributed by atoms with Crippen LogP contribution in [0.1, 0.15) is 5.56 Å². The first kappa shape index (κ1) is 18.1. The van der Waals surface area contributed by atoms with Gasteiger partial charge in [-0.05, 0) is 11.8 Å². The van der Waals surface area contributed by atoms with Crippen LogP contribution in [0, 0.1) is 0 Å². The fourth-order valence-electron chi connectivity index (χ4n) is 2.25. The Labute approximate surface area is 131 Å². The number of halogens is 6. The van der Waals surface area contributed by atoms with E-state index in [2.05, 4.69) is 14.5 Å². The number of thioether (sulfide) groups is 1. The van der Waals surface area contributed by atoms with Crippen LogP contribution in [0.25, 0.3) is 0 Å². The van der Waals surface area contributed by atoms with Gasteiger partial charge in [0.2, 0.25) is 0 Å². The van der Waals surface area contributed by atoms with Gasteiger partial charge >= 0.3 is 17.9 Å². The number of hydrogen-bond donors (Lipinski definition) is 0. The lowest BCUT2D eigenvalue weighted by atomic mass is 9.97. The van der Waals surface area contributed by atoms with Gasteiger partial charge in [0.1, 0.15) is 5.04 Å². The molecule has 0 amide bonds. The van der Waals surface area contributed by atoms with Crippen LogP contribution in [-0.4, -0.2) is 42.3 Å². The molecule has 0 N–H and O–H groups in total.